The van der Waals surface area contributed by atoms with Gasteiger partial charge in [0.1, 0.15) is 0 Å². The molecule has 2 fully saturated rings. The lowest BCUT2D eigenvalue weighted by molar-refractivity contribution is 0.543. The van der Waals surface area contributed by atoms with Gasteiger partial charge in [-0.1, -0.05) is 18.7 Å². The summed E-state index contributed by atoms with van der Waals surface area (Å²) in [6.07, 6.45) is 6.29. The topological polar surface area (TPSA) is 55.6 Å². The SMILES string of the molecule is CCNC1CCC(Sc2nnnn2C2CC2)C1. The normalized spacial score (nSPS) is 28.8. The molecule has 0 saturated heterocycles. The Balaban J connectivity index is 1.58. The molecule has 0 aromatic carbocycles. The first-order chi connectivity index (χ1) is 8.36. The molecule has 2 unspecified atom stereocenters. The summed E-state index contributed by atoms with van der Waals surface area (Å²) in [5.74, 6) is 0. The van der Waals surface area contributed by atoms with Crippen molar-refractivity contribution in [1.29, 1.82) is 0 Å². The number of nitrogens with zero attached hydrogens (tertiary/aromatic N) is 4. The Bertz CT molecular complexity index is 376. The van der Waals surface area contributed by atoms with Crippen LogP contribution < -0.4 is 5.32 Å². The molecule has 1 N–H and O–H groups in total. The molecule has 2 aliphatic carbocycles. The van der Waals surface area contributed by atoms with Crippen LogP contribution in [0.2, 0.25) is 0 Å². The van der Waals surface area contributed by atoms with E-state index in [9.17, 15) is 0 Å². The molecule has 1 aromatic heterocycles. The highest BCUT2D eigenvalue weighted by Gasteiger charge is 2.31. The summed E-state index contributed by atoms with van der Waals surface area (Å²) in [6.45, 7) is 3.25. The van der Waals surface area contributed by atoms with Gasteiger partial charge in [-0.05, 0) is 49.1 Å². The smallest absolute Gasteiger partial charge is 0.209 e. The average Bonchev–Trinajstić information content (AvgIpc) is 2.91. The lowest BCUT2D eigenvalue weighted by atomic mass is 10.2. The summed E-state index contributed by atoms with van der Waals surface area (Å²) in [5.41, 5.74) is 0. The Morgan fingerprint density at radius 1 is 1.35 bits per heavy atom. The molecule has 6 heteroatoms. The van der Waals surface area contributed by atoms with Crippen LogP contribution in [-0.4, -0.2) is 38.0 Å². The Kier molecular flexibility index (Phi) is 3.33. The van der Waals surface area contributed by atoms with E-state index < -0.39 is 0 Å². The van der Waals surface area contributed by atoms with Crippen LogP contribution >= 0.6 is 11.8 Å². The van der Waals surface area contributed by atoms with Crippen molar-refractivity contribution in [1.82, 2.24) is 25.5 Å². The van der Waals surface area contributed by atoms with E-state index >= 15 is 0 Å². The van der Waals surface area contributed by atoms with Crippen molar-refractivity contribution >= 4 is 11.8 Å². The lowest BCUT2D eigenvalue weighted by Gasteiger charge is -2.11. The van der Waals surface area contributed by atoms with Crippen molar-refractivity contribution in [2.75, 3.05) is 6.54 Å². The second-order valence-electron chi connectivity index (χ2n) is 4.94. The molecule has 0 bridgehead atoms. The first-order valence-electron chi connectivity index (χ1n) is 6.54. The van der Waals surface area contributed by atoms with Crippen LogP contribution in [0.5, 0.6) is 0 Å². The van der Waals surface area contributed by atoms with Gasteiger partial charge in [-0.3, -0.25) is 0 Å². The van der Waals surface area contributed by atoms with Gasteiger partial charge in [-0.15, -0.1) is 5.10 Å². The Hall–Kier alpha value is -0.620. The van der Waals surface area contributed by atoms with Gasteiger partial charge >= 0.3 is 0 Å². The Labute approximate surface area is 106 Å². The molecule has 0 aliphatic heterocycles. The van der Waals surface area contributed by atoms with Crippen LogP contribution in [0.3, 0.4) is 0 Å². The van der Waals surface area contributed by atoms with Gasteiger partial charge in [0.2, 0.25) is 5.16 Å². The van der Waals surface area contributed by atoms with Crippen LogP contribution in [0.15, 0.2) is 5.16 Å². The van der Waals surface area contributed by atoms with Crippen LogP contribution in [0.25, 0.3) is 0 Å². The zero-order valence-electron chi connectivity index (χ0n) is 10.2. The summed E-state index contributed by atoms with van der Waals surface area (Å²) >= 11 is 1.87. The molecule has 0 spiro atoms. The van der Waals surface area contributed by atoms with Crippen molar-refractivity contribution < 1.29 is 0 Å². The highest BCUT2D eigenvalue weighted by molar-refractivity contribution is 7.99. The second-order valence-corrected chi connectivity index (χ2v) is 6.21. The molecule has 0 radical (unpaired) electrons. The van der Waals surface area contributed by atoms with Crippen molar-refractivity contribution in [2.45, 2.75) is 61.5 Å². The average molecular weight is 253 g/mol. The predicted molar refractivity (Wildman–Crippen MR) is 67.0 cm³/mol. The van der Waals surface area contributed by atoms with E-state index in [0.717, 1.165) is 11.7 Å². The molecule has 3 rings (SSSR count). The van der Waals surface area contributed by atoms with Crippen LogP contribution in [0.1, 0.15) is 45.1 Å². The Morgan fingerprint density at radius 3 is 3.00 bits per heavy atom. The summed E-state index contributed by atoms with van der Waals surface area (Å²) < 4.78 is 2.02. The number of aromatic nitrogens is 4. The van der Waals surface area contributed by atoms with Crippen molar-refractivity contribution in [3.05, 3.63) is 0 Å². The lowest BCUT2D eigenvalue weighted by Crippen LogP contribution is -2.26. The van der Waals surface area contributed by atoms with Gasteiger partial charge in [0.15, 0.2) is 0 Å². The third-order valence-electron chi connectivity index (χ3n) is 3.50. The zero-order chi connectivity index (χ0) is 11.7. The molecule has 2 saturated carbocycles. The maximum absolute atomic E-state index is 4.16. The van der Waals surface area contributed by atoms with Gasteiger partial charge in [-0.2, -0.15) is 0 Å². The molecule has 2 aliphatic rings. The van der Waals surface area contributed by atoms with E-state index in [0.29, 0.717) is 17.3 Å². The van der Waals surface area contributed by atoms with Crippen LogP contribution in [0.4, 0.5) is 0 Å². The maximum atomic E-state index is 4.16. The highest BCUT2D eigenvalue weighted by atomic mass is 32.2. The molecular formula is C11H19N5S. The summed E-state index contributed by atoms with van der Waals surface area (Å²) in [5, 5.41) is 17.3. The van der Waals surface area contributed by atoms with Crippen molar-refractivity contribution in [3.63, 3.8) is 0 Å². The Morgan fingerprint density at radius 2 is 2.24 bits per heavy atom. The minimum absolute atomic E-state index is 0.582. The molecule has 1 heterocycles. The van der Waals surface area contributed by atoms with E-state index in [-0.39, 0.29) is 0 Å². The number of hydrogen-bond donors (Lipinski definition) is 1. The summed E-state index contributed by atoms with van der Waals surface area (Å²) in [6, 6.07) is 1.28. The third-order valence-corrected chi connectivity index (χ3v) is 4.75. The van der Waals surface area contributed by atoms with Gasteiger partial charge in [0, 0.05) is 11.3 Å². The molecule has 17 heavy (non-hydrogen) atoms. The summed E-state index contributed by atoms with van der Waals surface area (Å²) in [7, 11) is 0. The molecular weight excluding hydrogens is 234 g/mol. The molecule has 2 atom stereocenters. The number of nitrogens with one attached hydrogen (secondary N) is 1. The first-order valence-corrected chi connectivity index (χ1v) is 7.42. The minimum Gasteiger partial charge on any atom is -0.314 e. The monoisotopic (exact) mass is 253 g/mol. The van der Waals surface area contributed by atoms with E-state index in [2.05, 4.69) is 27.8 Å². The summed E-state index contributed by atoms with van der Waals surface area (Å²) in [4.78, 5) is 0. The van der Waals surface area contributed by atoms with E-state index in [4.69, 9.17) is 0 Å². The number of tetrazole rings is 1. The van der Waals surface area contributed by atoms with Gasteiger partial charge in [-0.25, -0.2) is 4.68 Å². The molecule has 0 amide bonds. The highest BCUT2D eigenvalue weighted by Crippen LogP contribution is 2.39. The van der Waals surface area contributed by atoms with Gasteiger partial charge in [0.25, 0.3) is 0 Å². The van der Waals surface area contributed by atoms with Crippen LogP contribution in [0, 0.1) is 0 Å². The fourth-order valence-electron chi connectivity index (χ4n) is 2.48. The van der Waals surface area contributed by atoms with Gasteiger partial charge in [0.05, 0.1) is 6.04 Å². The van der Waals surface area contributed by atoms with E-state index in [1.807, 2.05) is 16.4 Å². The third kappa shape index (κ3) is 2.63. The largest absolute Gasteiger partial charge is 0.314 e. The maximum Gasteiger partial charge on any atom is 0.209 e. The molecule has 94 valence electrons. The zero-order valence-corrected chi connectivity index (χ0v) is 11.0. The molecule has 5 nitrogen and oxygen atoms in total. The molecule has 1 aromatic rings. The number of thioether (sulfide) groups is 1. The van der Waals surface area contributed by atoms with Crippen LogP contribution in [-0.2, 0) is 0 Å². The van der Waals surface area contributed by atoms with Gasteiger partial charge < -0.3 is 5.32 Å². The number of rotatable bonds is 5. The second kappa shape index (κ2) is 4.94. The predicted octanol–water partition coefficient (Wildman–Crippen LogP) is 1.63. The van der Waals surface area contributed by atoms with Crippen molar-refractivity contribution in [3.8, 4) is 0 Å². The quantitative estimate of drug-likeness (QED) is 0.864. The van der Waals surface area contributed by atoms with Crippen molar-refractivity contribution in [2.24, 2.45) is 0 Å². The minimum atomic E-state index is 0.582. The number of hydrogen-bond acceptors (Lipinski definition) is 5. The fourth-order valence-corrected chi connectivity index (χ4v) is 3.74. The van der Waals surface area contributed by atoms with E-state index in [1.54, 1.807) is 0 Å². The standard InChI is InChI=1S/C11H19N5S/c1-2-12-8-3-6-10(7-8)17-11-13-14-15-16(11)9-4-5-9/h8-10,12H,2-7H2,1H3. The first kappa shape index (κ1) is 11.5. The fraction of sp³-hybridized carbons (Fsp3) is 0.909. The van der Waals surface area contributed by atoms with E-state index in [1.165, 1.54) is 32.1 Å².